The van der Waals surface area contributed by atoms with Gasteiger partial charge in [0.05, 0.1) is 0 Å². The van der Waals surface area contributed by atoms with Crippen molar-refractivity contribution in [1.29, 1.82) is 0 Å². The van der Waals surface area contributed by atoms with Crippen LogP contribution in [0.15, 0.2) is 18.2 Å². The standard InChI is InChI=1S/C9H12.5HI.V/c1-7-4-8(2)6-9(3)5-7;;;;;;/h4-6H,1-3H3;5*1H;/q;;;;;;+5/p-5. The minimum Gasteiger partial charge on any atom is -1.00 e. The van der Waals surface area contributed by atoms with Crippen molar-refractivity contribution in [3.05, 3.63) is 34.9 Å². The summed E-state index contributed by atoms with van der Waals surface area (Å²) in [6.07, 6.45) is 0. The van der Waals surface area contributed by atoms with E-state index < -0.39 is 0 Å². The van der Waals surface area contributed by atoms with Gasteiger partial charge in [-0.1, -0.05) is 34.9 Å². The van der Waals surface area contributed by atoms with Gasteiger partial charge in [-0.25, -0.2) is 0 Å². The van der Waals surface area contributed by atoms with Crippen LogP contribution in [0.3, 0.4) is 0 Å². The Hall–Kier alpha value is 3.45. The Morgan fingerprint density at radius 1 is 0.533 bits per heavy atom. The summed E-state index contributed by atoms with van der Waals surface area (Å²) in [6, 6.07) is 6.56. The second-order valence-electron chi connectivity index (χ2n) is 2.67. The zero-order valence-electron chi connectivity index (χ0n) is 8.57. The number of halogens is 5. The molecule has 0 atom stereocenters. The fraction of sp³-hybridized carbons (Fsp3) is 0.333. The van der Waals surface area contributed by atoms with Crippen molar-refractivity contribution in [3.63, 3.8) is 0 Å². The summed E-state index contributed by atoms with van der Waals surface area (Å²) in [7, 11) is 0. The molecule has 0 saturated heterocycles. The van der Waals surface area contributed by atoms with E-state index in [1.807, 2.05) is 0 Å². The predicted octanol–water partition coefficient (Wildman–Crippen LogP) is -12.4. The van der Waals surface area contributed by atoms with Gasteiger partial charge in [-0.05, 0) is 20.8 Å². The first-order valence-corrected chi connectivity index (χ1v) is 3.23. The molecule has 0 bridgehead atoms. The zero-order valence-corrected chi connectivity index (χ0v) is 20.8. The minimum atomic E-state index is 0. The minimum absolute atomic E-state index is 0. The molecular formula is C9H12I5V. The first-order chi connectivity index (χ1) is 4.18. The maximum Gasteiger partial charge on any atom is 5.00 e. The molecule has 0 aromatic heterocycles. The van der Waals surface area contributed by atoms with Gasteiger partial charge >= 0.3 is 18.6 Å². The van der Waals surface area contributed by atoms with Crippen LogP contribution in [-0.2, 0) is 18.6 Å². The average molecular weight is 806 g/mol. The normalized spacial score (nSPS) is 5.80. The van der Waals surface area contributed by atoms with Crippen molar-refractivity contribution < 1.29 is 138 Å². The van der Waals surface area contributed by atoms with E-state index in [2.05, 4.69) is 39.0 Å². The molecule has 0 nitrogen and oxygen atoms in total. The average Bonchev–Trinajstić information content (AvgIpc) is 1.59. The van der Waals surface area contributed by atoms with E-state index in [0.29, 0.717) is 0 Å². The van der Waals surface area contributed by atoms with Gasteiger partial charge in [0.25, 0.3) is 0 Å². The van der Waals surface area contributed by atoms with Gasteiger partial charge in [0.1, 0.15) is 0 Å². The van der Waals surface area contributed by atoms with Crippen LogP contribution in [0.5, 0.6) is 0 Å². The van der Waals surface area contributed by atoms with Gasteiger partial charge in [0.15, 0.2) is 0 Å². The molecular weight excluding hydrogens is 794 g/mol. The van der Waals surface area contributed by atoms with Crippen molar-refractivity contribution in [2.75, 3.05) is 0 Å². The number of hydrogen-bond acceptors (Lipinski definition) is 0. The van der Waals surface area contributed by atoms with E-state index in [4.69, 9.17) is 0 Å². The van der Waals surface area contributed by atoms with Crippen LogP contribution in [0.1, 0.15) is 16.7 Å². The van der Waals surface area contributed by atoms with Crippen molar-refractivity contribution in [3.8, 4) is 0 Å². The Bertz CT molecular complexity index is 179. The molecule has 1 aromatic rings. The first-order valence-electron chi connectivity index (χ1n) is 3.23. The Morgan fingerprint density at radius 3 is 0.800 bits per heavy atom. The number of hydrogen-bond donors (Lipinski definition) is 0. The van der Waals surface area contributed by atoms with Gasteiger partial charge in [-0.15, -0.1) is 0 Å². The Labute approximate surface area is 190 Å². The third-order valence-corrected chi connectivity index (χ3v) is 1.37. The van der Waals surface area contributed by atoms with Gasteiger partial charge in [0, 0.05) is 0 Å². The number of rotatable bonds is 0. The van der Waals surface area contributed by atoms with Crippen molar-refractivity contribution >= 4 is 0 Å². The molecule has 6 heteroatoms. The van der Waals surface area contributed by atoms with Gasteiger partial charge in [-0.2, -0.15) is 0 Å². The summed E-state index contributed by atoms with van der Waals surface area (Å²) in [5.74, 6) is 0. The zero-order chi connectivity index (χ0) is 6.85. The maximum atomic E-state index is 2.19. The van der Waals surface area contributed by atoms with E-state index >= 15 is 0 Å². The molecule has 0 radical (unpaired) electrons. The Kier molecular flexibility index (Phi) is 47.8. The molecule has 0 amide bonds. The molecule has 0 fully saturated rings. The molecule has 1 aromatic carbocycles. The SMILES string of the molecule is Cc1cc(C)cc(C)c1.[I-].[I-].[I-].[I-].[I-].[V+5]. The third kappa shape index (κ3) is 17.5. The van der Waals surface area contributed by atoms with Crippen LogP contribution in [0, 0.1) is 20.8 Å². The molecule has 0 spiro atoms. The van der Waals surface area contributed by atoms with E-state index in [-0.39, 0.29) is 138 Å². The smallest absolute Gasteiger partial charge is 1.00 e. The summed E-state index contributed by atoms with van der Waals surface area (Å²) in [6.45, 7) is 6.38. The second-order valence-corrected chi connectivity index (χ2v) is 2.67. The van der Waals surface area contributed by atoms with Gasteiger partial charge < -0.3 is 120 Å². The van der Waals surface area contributed by atoms with Crippen LogP contribution in [0.4, 0.5) is 0 Å². The molecule has 0 saturated carbocycles. The van der Waals surface area contributed by atoms with Crippen LogP contribution in [0.25, 0.3) is 0 Å². The van der Waals surface area contributed by atoms with Crippen LogP contribution < -0.4 is 120 Å². The topological polar surface area (TPSA) is 0 Å². The van der Waals surface area contributed by atoms with E-state index in [1.54, 1.807) is 0 Å². The van der Waals surface area contributed by atoms with Crippen LogP contribution >= 0.6 is 0 Å². The molecule has 88 valence electrons. The first kappa shape index (κ1) is 36.2. The molecule has 15 heavy (non-hydrogen) atoms. The molecule has 0 aliphatic heterocycles. The second kappa shape index (κ2) is 19.8. The van der Waals surface area contributed by atoms with Crippen molar-refractivity contribution in [1.82, 2.24) is 0 Å². The predicted molar refractivity (Wildman–Crippen MR) is 40.7 cm³/mol. The molecule has 0 heterocycles. The van der Waals surface area contributed by atoms with Gasteiger partial charge in [-0.3, -0.25) is 0 Å². The quantitative estimate of drug-likeness (QED) is 0.229. The largest absolute Gasteiger partial charge is 5.00 e. The number of benzene rings is 1. The Balaban J connectivity index is -0.0000000337. The summed E-state index contributed by atoms with van der Waals surface area (Å²) in [4.78, 5) is 0. The number of aryl methyl sites for hydroxylation is 3. The van der Waals surface area contributed by atoms with E-state index in [1.165, 1.54) is 16.7 Å². The third-order valence-electron chi connectivity index (χ3n) is 1.37. The fourth-order valence-electron chi connectivity index (χ4n) is 1.20. The molecule has 0 N–H and O–H groups in total. The Morgan fingerprint density at radius 2 is 0.667 bits per heavy atom. The van der Waals surface area contributed by atoms with Crippen molar-refractivity contribution in [2.45, 2.75) is 20.8 Å². The summed E-state index contributed by atoms with van der Waals surface area (Å²) in [5, 5.41) is 0. The maximum absolute atomic E-state index is 2.19. The molecule has 1 rings (SSSR count). The molecule has 0 aliphatic carbocycles. The fourth-order valence-corrected chi connectivity index (χ4v) is 1.20. The van der Waals surface area contributed by atoms with Gasteiger partial charge in [0.2, 0.25) is 0 Å². The van der Waals surface area contributed by atoms with E-state index in [9.17, 15) is 0 Å². The summed E-state index contributed by atoms with van der Waals surface area (Å²) in [5.41, 5.74) is 4.06. The van der Waals surface area contributed by atoms with E-state index in [0.717, 1.165) is 0 Å². The van der Waals surface area contributed by atoms with Crippen LogP contribution in [0.2, 0.25) is 0 Å². The monoisotopic (exact) mass is 806 g/mol. The summed E-state index contributed by atoms with van der Waals surface area (Å²) >= 11 is 0. The van der Waals surface area contributed by atoms with Crippen molar-refractivity contribution in [2.24, 2.45) is 0 Å². The summed E-state index contributed by atoms with van der Waals surface area (Å²) < 4.78 is 0. The molecule has 0 aliphatic rings. The van der Waals surface area contributed by atoms with Crippen LogP contribution in [-0.4, -0.2) is 0 Å². The molecule has 0 unspecified atom stereocenters.